The topological polar surface area (TPSA) is 133 Å². The maximum atomic E-state index is 12.3. The molecule has 1 rings (SSSR count). The summed E-state index contributed by atoms with van der Waals surface area (Å²) in [7, 11) is 0. The number of amides is 2. The fraction of sp³-hybridized carbons (Fsp3) is 0.786. The molecule has 1 aliphatic rings. The van der Waals surface area contributed by atoms with Gasteiger partial charge < -0.3 is 26.2 Å². The number of carboxylic acid groups (broad SMARTS) is 1. The van der Waals surface area contributed by atoms with Crippen molar-refractivity contribution >= 4 is 17.8 Å². The number of carbonyl (C=O) groups excluding carboxylic acids is 2. The van der Waals surface area contributed by atoms with Crippen LogP contribution in [-0.2, 0) is 14.4 Å². The van der Waals surface area contributed by atoms with Crippen LogP contribution in [0.15, 0.2) is 0 Å². The first-order valence-electron chi connectivity index (χ1n) is 7.48. The lowest BCUT2D eigenvalue weighted by Crippen LogP contribution is -2.54. The van der Waals surface area contributed by atoms with E-state index in [1.165, 1.54) is 4.90 Å². The van der Waals surface area contributed by atoms with Crippen molar-refractivity contribution in [2.45, 2.75) is 51.2 Å². The smallest absolute Gasteiger partial charge is 0.328 e. The molecule has 0 bridgehead atoms. The Morgan fingerprint density at radius 2 is 2.00 bits per heavy atom. The highest BCUT2D eigenvalue weighted by Crippen LogP contribution is 2.19. The summed E-state index contributed by atoms with van der Waals surface area (Å²) >= 11 is 0. The zero-order valence-electron chi connectivity index (χ0n) is 13.0. The number of nitrogens with zero attached hydrogens (tertiary/aromatic N) is 1. The van der Waals surface area contributed by atoms with Crippen molar-refractivity contribution in [3.8, 4) is 0 Å². The van der Waals surface area contributed by atoms with E-state index in [0.717, 1.165) is 0 Å². The van der Waals surface area contributed by atoms with Crippen LogP contribution >= 0.6 is 0 Å². The minimum atomic E-state index is -1.37. The van der Waals surface area contributed by atoms with Gasteiger partial charge in [-0.2, -0.15) is 0 Å². The van der Waals surface area contributed by atoms with Gasteiger partial charge in [-0.1, -0.05) is 13.8 Å². The molecule has 1 saturated heterocycles. The summed E-state index contributed by atoms with van der Waals surface area (Å²) in [5, 5.41) is 20.1. The molecule has 8 nitrogen and oxygen atoms in total. The van der Waals surface area contributed by atoms with E-state index in [1.54, 1.807) is 0 Å². The highest BCUT2D eigenvalue weighted by Gasteiger charge is 2.37. The molecule has 0 aromatic heterocycles. The Bertz CT molecular complexity index is 427. The Morgan fingerprint density at radius 1 is 1.36 bits per heavy atom. The number of aliphatic carboxylic acids is 1. The second-order valence-corrected chi connectivity index (χ2v) is 6.01. The van der Waals surface area contributed by atoms with E-state index < -0.39 is 36.6 Å². The third-order valence-electron chi connectivity index (χ3n) is 3.68. The number of nitrogens with one attached hydrogen (secondary N) is 1. The first kappa shape index (κ1) is 18.4. The molecule has 0 radical (unpaired) electrons. The van der Waals surface area contributed by atoms with Crippen LogP contribution in [-0.4, -0.2) is 64.2 Å². The molecule has 0 aromatic rings. The zero-order chi connectivity index (χ0) is 16.9. The first-order valence-corrected chi connectivity index (χ1v) is 7.48. The Kier molecular flexibility index (Phi) is 6.76. The lowest BCUT2D eigenvalue weighted by atomic mass is 10.0. The Morgan fingerprint density at radius 3 is 2.50 bits per heavy atom. The van der Waals surface area contributed by atoms with Crippen LogP contribution in [0.25, 0.3) is 0 Å². The number of likely N-dealkylation sites (tertiary alicyclic amines) is 1. The fourth-order valence-corrected chi connectivity index (χ4v) is 2.58. The minimum Gasteiger partial charge on any atom is -0.480 e. The van der Waals surface area contributed by atoms with Gasteiger partial charge in [0, 0.05) is 6.54 Å². The average molecular weight is 315 g/mol. The average Bonchev–Trinajstić information content (AvgIpc) is 2.91. The Balaban J connectivity index is 2.71. The number of nitrogens with two attached hydrogens (primary N) is 1. The largest absolute Gasteiger partial charge is 0.480 e. The van der Waals surface area contributed by atoms with Crippen LogP contribution in [0.2, 0.25) is 0 Å². The second kappa shape index (κ2) is 8.09. The summed E-state index contributed by atoms with van der Waals surface area (Å²) in [4.78, 5) is 36.8. The number of rotatable bonds is 7. The van der Waals surface area contributed by atoms with Crippen molar-refractivity contribution in [3.63, 3.8) is 0 Å². The Hall–Kier alpha value is -1.67. The predicted molar refractivity (Wildman–Crippen MR) is 78.8 cm³/mol. The Labute approximate surface area is 129 Å². The zero-order valence-corrected chi connectivity index (χ0v) is 13.0. The van der Waals surface area contributed by atoms with Gasteiger partial charge in [-0.05, 0) is 25.2 Å². The molecule has 126 valence electrons. The van der Waals surface area contributed by atoms with Crippen LogP contribution in [0.5, 0.6) is 0 Å². The molecule has 0 aromatic carbocycles. The summed E-state index contributed by atoms with van der Waals surface area (Å²) in [6.45, 7) is 3.65. The minimum absolute atomic E-state index is 0.264. The van der Waals surface area contributed by atoms with E-state index in [1.807, 2.05) is 13.8 Å². The molecule has 5 N–H and O–H groups in total. The molecule has 0 aliphatic carbocycles. The van der Waals surface area contributed by atoms with Gasteiger partial charge in [0.15, 0.2) is 0 Å². The summed E-state index contributed by atoms with van der Waals surface area (Å²) < 4.78 is 0. The summed E-state index contributed by atoms with van der Waals surface area (Å²) in [6.07, 6.45) is 1.65. The van der Waals surface area contributed by atoms with Crippen LogP contribution in [0.4, 0.5) is 0 Å². The summed E-state index contributed by atoms with van der Waals surface area (Å²) in [6, 6.07) is -2.75. The van der Waals surface area contributed by atoms with Crippen molar-refractivity contribution < 1.29 is 24.6 Å². The van der Waals surface area contributed by atoms with Gasteiger partial charge in [0.25, 0.3) is 0 Å². The normalized spacial score (nSPS) is 20.8. The highest BCUT2D eigenvalue weighted by molar-refractivity contribution is 5.92. The molecule has 0 spiro atoms. The maximum Gasteiger partial charge on any atom is 0.328 e. The molecule has 1 aliphatic heterocycles. The van der Waals surface area contributed by atoms with E-state index in [9.17, 15) is 14.4 Å². The van der Waals surface area contributed by atoms with Gasteiger partial charge >= 0.3 is 5.97 Å². The van der Waals surface area contributed by atoms with Gasteiger partial charge in [-0.3, -0.25) is 9.59 Å². The molecule has 22 heavy (non-hydrogen) atoms. The molecule has 8 heteroatoms. The fourth-order valence-electron chi connectivity index (χ4n) is 2.58. The van der Waals surface area contributed by atoms with E-state index >= 15 is 0 Å². The third-order valence-corrected chi connectivity index (χ3v) is 3.68. The van der Waals surface area contributed by atoms with Crippen molar-refractivity contribution in [2.24, 2.45) is 11.7 Å². The number of carboxylic acids is 1. The van der Waals surface area contributed by atoms with Crippen LogP contribution in [0, 0.1) is 5.92 Å². The van der Waals surface area contributed by atoms with Crippen molar-refractivity contribution in [1.29, 1.82) is 0 Å². The van der Waals surface area contributed by atoms with Crippen molar-refractivity contribution in [3.05, 3.63) is 0 Å². The second-order valence-electron chi connectivity index (χ2n) is 6.01. The van der Waals surface area contributed by atoms with E-state index in [0.29, 0.717) is 25.8 Å². The lowest BCUT2D eigenvalue weighted by molar-refractivity contribution is -0.145. The van der Waals surface area contributed by atoms with Crippen LogP contribution < -0.4 is 11.1 Å². The standard InChI is InChI=1S/C14H25N3O5/c1-8(2)6-9(15)13(20)17-5-3-4-11(17)12(19)16-10(7-18)14(21)22/h8-11,18H,3-7,15H2,1-2H3,(H,16,19)(H,21,22). The van der Waals surface area contributed by atoms with Gasteiger partial charge in [-0.25, -0.2) is 4.79 Å². The molecule has 3 unspecified atom stereocenters. The molecule has 1 fully saturated rings. The highest BCUT2D eigenvalue weighted by atomic mass is 16.4. The van der Waals surface area contributed by atoms with E-state index in [2.05, 4.69) is 5.32 Å². The number of aliphatic hydroxyl groups is 1. The van der Waals surface area contributed by atoms with Crippen LogP contribution in [0.1, 0.15) is 33.1 Å². The van der Waals surface area contributed by atoms with E-state index in [-0.39, 0.29) is 11.8 Å². The summed E-state index contributed by atoms with van der Waals surface area (Å²) in [5.74, 6) is -1.91. The molecular weight excluding hydrogens is 290 g/mol. The van der Waals surface area contributed by atoms with Gasteiger partial charge in [-0.15, -0.1) is 0 Å². The molecular formula is C14H25N3O5. The van der Waals surface area contributed by atoms with Crippen molar-refractivity contribution in [2.75, 3.05) is 13.2 Å². The summed E-state index contributed by atoms with van der Waals surface area (Å²) in [5.41, 5.74) is 5.88. The molecule has 3 atom stereocenters. The monoisotopic (exact) mass is 315 g/mol. The number of hydrogen-bond acceptors (Lipinski definition) is 5. The number of aliphatic hydroxyl groups excluding tert-OH is 1. The van der Waals surface area contributed by atoms with Gasteiger partial charge in [0.1, 0.15) is 12.1 Å². The quantitative estimate of drug-likeness (QED) is 0.472. The molecule has 2 amide bonds. The number of carbonyl (C=O) groups is 3. The van der Waals surface area contributed by atoms with E-state index in [4.69, 9.17) is 15.9 Å². The SMILES string of the molecule is CC(C)CC(N)C(=O)N1CCCC1C(=O)NC(CO)C(=O)O. The predicted octanol–water partition coefficient (Wildman–Crippen LogP) is -1.09. The van der Waals surface area contributed by atoms with Gasteiger partial charge in [0.05, 0.1) is 12.6 Å². The van der Waals surface area contributed by atoms with Crippen LogP contribution in [0.3, 0.4) is 0 Å². The first-order chi connectivity index (χ1) is 10.3. The maximum absolute atomic E-state index is 12.3. The van der Waals surface area contributed by atoms with Gasteiger partial charge in [0.2, 0.25) is 11.8 Å². The number of hydrogen-bond donors (Lipinski definition) is 4. The van der Waals surface area contributed by atoms with Crippen molar-refractivity contribution in [1.82, 2.24) is 10.2 Å². The molecule has 0 saturated carbocycles. The molecule has 1 heterocycles. The lowest BCUT2D eigenvalue weighted by Gasteiger charge is -2.28. The third kappa shape index (κ3) is 4.67.